The number of carbonyl (C=O) groups is 3. The van der Waals surface area contributed by atoms with E-state index in [9.17, 15) is 19.5 Å². The smallest absolute Gasteiger partial charge is 0.338 e. The van der Waals surface area contributed by atoms with Crippen LogP contribution in [0.2, 0.25) is 0 Å². The topological polar surface area (TPSA) is 106 Å². The number of ketones is 1. The summed E-state index contributed by atoms with van der Waals surface area (Å²) in [4.78, 5) is 44.4. The molecule has 1 N–H and O–H groups in total. The molecular weight excluding hydrogens is 496 g/mol. The maximum Gasteiger partial charge on any atom is 0.338 e. The Balaban J connectivity index is 1.79. The fourth-order valence-corrected chi connectivity index (χ4v) is 4.68. The summed E-state index contributed by atoms with van der Waals surface area (Å²) in [7, 11) is 1.58. The first-order chi connectivity index (χ1) is 18.6. The van der Waals surface area contributed by atoms with E-state index in [1.165, 1.54) is 4.90 Å². The number of esters is 1. The minimum Gasteiger partial charge on any atom is -0.507 e. The first-order valence-corrected chi connectivity index (χ1v) is 12.7. The standard InChI is InChI=1S/C31H32N2O6/c1-6-39-30(37)20-11-9-19(10-12-20)18-33-26(22-8-7-15-32-17-22)25(28(35)29(33)36)27(34)21-13-14-24(38-5)23(16-21)31(2,3)4/h7-17,26,34H,6,18H2,1-5H3/b27-25-. The van der Waals surface area contributed by atoms with E-state index >= 15 is 0 Å². The molecule has 1 amide bonds. The van der Waals surface area contributed by atoms with Gasteiger partial charge in [0.25, 0.3) is 11.7 Å². The number of benzene rings is 2. The maximum atomic E-state index is 13.4. The lowest BCUT2D eigenvalue weighted by molar-refractivity contribution is -0.140. The van der Waals surface area contributed by atoms with Crippen molar-refractivity contribution in [2.45, 2.75) is 45.7 Å². The molecule has 1 saturated heterocycles. The van der Waals surface area contributed by atoms with E-state index in [0.717, 1.165) is 5.56 Å². The second-order valence-electron chi connectivity index (χ2n) is 10.3. The Hall–Kier alpha value is -4.46. The van der Waals surface area contributed by atoms with E-state index in [1.807, 2.05) is 20.8 Å². The number of ether oxygens (including phenoxy) is 2. The number of pyridine rings is 1. The number of carbonyl (C=O) groups excluding carboxylic acids is 3. The number of likely N-dealkylation sites (tertiary alicyclic amines) is 1. The molecule has 4 rings (SSSR count). The van der Waals surface area contributed by atoms with Gasteiger partial charge in [-0.05, 0) is 59.9 Å². The molecular formula is C31H32N2O6. The molecule has 3 aromatic rings. The van der Waals surface area contributed by atoms with E-state index in [1.54, 1.807) is 81.0 Å². The third-order valence-corrected chi connectivity index (χ3v) is 6.64. The molecule has 8 heteroatoms. The lowest BCUT2D eigenvalue weighted by Crippen LogP contribution is -2.29. The second-order valence-corrected chi connectivity index (χ2v) is 10.3. The molecule has 1 aliphatic heterocycles. The average Bonchev–Trinajstić information content (AvgIpc) is 3.17. The lowest BCUT2D eigenvalue weighted by Gasteiger charge is -2.26. The van der Waals surface area contributed by atoms with Crippen LogP contribution in [0.4, 0.5) is 0 Å². The first-order valence-electron chi connectivity index (χ1n) is 12.7. The Labute approximate surface area is 227 Å². The predicted molar refractivity (Wildman–Crippen MR) is 146 cm³/mol. The van der Waals surface area contributed by atoms with Crippen LogP contribution in [0, 0.1) is 0 Å². The number of nitrogens with zero attached hydrogens (tertiary/aromatic N) is 2. The van der Waals surface area contributed by atoms with Gasteiger partial charge in [-0.3, -0.25) is 14.6 Å². The Bertz CT molecular complexity index is 1420. The molecule has 0 saturated carbocycles. The normalized spacial score (nSPS) is 16.8. The van der Waals surface area contributed by atoms with Crippen LogP contribution in [0.15, 0.2) is 72.6 Å². The summed E-state index contributed by atoms with van der Waals surface area (Å²) in [6.07, 6.45) is 3.18. The van der Waals surface area contributed by atoms with Crippen LogP contribution in [-0.2, 0) is 26.3 Å². The molecule has 39 heavy (non-hydrogen) atoms. The van der Waals surface area contributed by atoms with Crippen LogP contribution in [0.1, 0.15) is 66.3 Å². The minimum absolute atomic E-state index is 0.0128. The number of hydrogen-bond acceptors (Lipinski definition) is 7. The van der Waals surface area contributed by atoms with Crippen molar-refractivity contribution in [2.75, 3.05) is 13.7 Å². The van der Waals surface area contributed by atoms with Crippen molar-refractivity contribution < 1.29 is 29.0 Å². The minimum atomic E-state index is -0.858. The summed E-state index contributed by atoms with van der Waals surface area (Å²) in [5.41, 5.74) is 2.63. The Morgan fingerprint density at radius 3 is 2.33 bits per heavy atom. The molecule has 0 radical (unpaired) electrons. The number of methoxy groups -OCH3 is 1. The highest BCUT2D eigenvalue weighted by Gasteiger charge is 2.46. The number of aliphatic hydroxyl groups excluding tert-OH is 1. The van der Waals surface area contributed by atoms with Gasteiger partial charge in [0, 0.05) is 30.1 Å². The number of hydrogen-bond donors (Lipinski definition) is 1. The van der Waals surface area contributed by atoms with Gasteiger partial charge in [0.1, 0.15) is 11.5 Å². The maximum absolute atomic E-state index is 13.4. The molecule has 1 aliphatic rings. The zero-order valence-electron chi connectivity index (χ0n) is 22.7. The Morgan fingerprint density at radius 1 is 1.05 bits per heavy atom. The largest absolute Gasteiger partial charge is 0.507 e. The van der Waals surface area contributed by atoms with Crippen molar-refractivity contribution >= 4 is 23.4 Å². The molecule has 2 heterocycles. The quantitative estimate of drug-likeness (QED) is 0.195. The molecule has 0 aliphatic carbocycles. The number of Topliss-reactive ketones (excluding diaryl/α,β-unsaturated/α-hetero) is 1. The molecule has 8 nitrogen and oxygen atoms in total. The van der Waals surface area contributed by atoms with Gasteiger partial charge in [-0.1, -0.05) is 39.0 Å². The number of rotatable bonds is 7. The summed E-state index contributed by atoms with van der Waals surface area (Å²) < 4.78 is 10.6. The van der Waals surface area contributed by atoms with Gasteiger partial charge in [-0.2, -0.15) is 0 Å². The molecule has 1 fully saturated rings. The van der Waals surface area contributed by atoms with Gasteiger partial charge >= 0.3 is 5.97 Å². The van der Waals surface area contributed by atoms with Crippen LogP contribution in [0.3, 0.4) is 0 Å². The monoisotopic (exact) mass is 528 g/mol. The Morgan fingerprint density at radius 2 is 1.74 bits per heavy atom. The summed E-state index contributed by atoms with van der Waals surface area (Å²) in [6.45, 7) is 8.16. The van der Waals surface area contributed by atoms with Gasteiger partial charge in [0.05, 0.1) is 30.9 Å². The molecule has 1 unspecified atom stereocenters. The van der Waals surface area contributed by atoms with E-state index in [-0.39, 0.29) is 29.9 Å². The fourth-order valence-electron chi connectivity index (χ4n) is 4.68. The van der Waals surface area contributed by atoms with Crippen LogP contribution < -0.4 is 4.74 Å². The van der Waals surface area contributed by atoms with E-state index in [4.69, 9.17) is 9.47 Å². The number of aromatic nitrogens is 1. The zero-order valence-corrected chi connectivity index (χ0v) is 22.7. The van der Waals surface area contributed by atoms with Crippen molar-refractivity contribution in [3.05, 3.63) is 100 Å². The third-order valence-electron chi connectivity index (χ3n) is 6.64. The molecule has 202 valence electrons. The summed E-state index contributed by atoms with van der Waals surface area (Å²) in [6, 6.07) is 14.5. The van der Waals surface area contributed by atoms with Crippen molar-refractivity contribution in [1.29, 1.82) is 0 Å². The van der Waals surface area contributed by atoms with Gasteiger partial charge in [0.15, 0.2) is 0 Å². The highest BCUT2D eigenvalue weighted by Crippen LogP contribution is 2.41. The highest BCUT2D eigenvalue weighted by atomic mass is 16.5. The van der Waals surface area contributed by atoms with Crippen LogP contribution in [0.25, 0.3) is 5.76 Å². The number of amides is 1. The zero-order chi connectivity index (χ0) is 28.3. The van der Waals surface area contributed by atoms with Gasteiger partial charge in [0.2, 0.25) is 0 Å². The summed E-state index contributed by atoms with van der Waals surface area (Å²) in [5, 5.41) is 11.5. The second kappa shape index (κ2) is 11.1. The van der Waals surface area contributed by atoms with E-state index in [2.05, 4.69) is 4.98 Å². The lowest BCUT2D eigenvalue weighted by atomic mass is 9.84. The SMILES string of the molecule is CCOC(=O)c1ccc(CN2C(=O)C(=O)/C(=C(\O)c3ccc(OC)c(C(C)(C)C)c3)C2c2cccnc2)cc1. The third kappa shape index (κ3) is 5.55. The van der Waals surface area contributed by atoms with Crippen LogP contribution in [0.5, 0.6) is 5.75 Å². The van der Waals surface area contributed by atoms with Crippen LogP contribution in [-0.4, -0.2) is 46.4 Å². The highest BCUT2D eigenvalue weighted by molar-refractivity contribution is 6.46. The van der Waals surface area contributed by atoms with Crippen molar-refractivity contribution in [2.24, 2.45) is 0 Å². The van der Waals surface area contributed by atoms with Crippen molar-refractivity contribution in [3.8, 4) is 5.75 Å². The Kier molecular flexibility index (Phi) is 7.85. The van der Waals surface area contributed by atoms with E-state index in [0.29, 0.717) is 28.0 Å². The van der Waals surface area contributed by atoms with Crippen molar-refractivity contribution in [3.63, 3.8) is 0 Å². The van der Waals surface area contributed by atoms with Crippen molar-refractivity contribution in [1.82, 2.24) is 9.88 Å². The fraction of sp³-hybridized carbons (Fsp3) is 0.290. The molecule has 1 aromatic heterocycles. The molecule has 1 atom stereocenters. The van der Waals surface area contributed by atoms with Gasteiger partial charge in [-0.15, -0.1) is 0 Å². The summed E-state index contributed by atoms with van der Waals surface area (Å²) in [5.74, 6) is -1.55. The molecule has 0 spiro atoms. The summed E-state index contributed by atoms with van der Waals surface area (Å²) >= 11 is 0. The van der Waals surface area contributed by atoms with Gasteiger partial charge in [-0.25, -0.2) is 4.79 Å². The number of aliphatic hydroxyl groups is 1. The van der Waals surface area contributed by atoms with Gasteiger partial charge < -0.3 is 19.5 Å². The predicted octanol–water partition coefficient (Wildman–Crippen LogP) is 5.19. The van der Waals surface area contributed by atoms with Crippen LogP contribution >= 0.6 is 0 Å². The molecule has 0 bridgehead atoms. The first kappa shape index (κ1) is 27.6. The van der Waals surface area contributed by atoms with E-state index < -0.39 is 23.7 Å². The average molecular weight is 529 g/mol. The molecule has 2 aromatic carbocycles.